The van der Waals surface area contributed by atoms with Crippen LogP contribution in [0.15, 0.2) is 0 Å². The Morgan fingerprint density at radius 2 is 2.12 bits per heavy atom. The van der Waals surface area contributed by atoms with E-state index in [9.17, 15) is 4.79 Å². The van der Waals surface area contributed by atoms with Gasteiger partial charge in [-0.2, -0.15) is 0 Å². The van der Waals surface area contributed by atoms with Crippen LogP contribution in [0.2, 0.25) is 0 Å². The second-order valence-electron chi connectivity index (χ2n) is 4.73. The Bertz CT molecular complexity index is 215. The first kappa shape index (κ1) is 13.5. The third-order valence-electron chi connectivity index (χ3n) is 3.14. The Hall–Kier alpha value is -0.610. The van der Waals surface area contributed by atoms with Crippen molar-refractivity contribution in [3.8, 4) is 0 Å². The van der Waals surface area contributed by atoms with Gasteiger partial charge in [0.1, 0.15) is 6.04 Å². The molecule has 0 amide bonds. The molecule has 1 aliphatic carbocycles. The average Bonchev–Trinajstić information content (AvgIpc) is 2.70. The Balaban J connectivity index is 2.21. The Morgan fingerprint density at radius 1 is 1.50 bits per heavy atom. The highest BCUT2D eigenvalue weighted by atomic mass is 16.5. The summed E-state index contributed by atoms with van der Waals surface area (Å²) in [5.41, 5.74) is 5.76. The normalized spacial score (nSPS) is 19.0. The largest absolute Gasteiger partial charge is 0.465 e. The zero-order chi connectivity index (χ0) is 12.0. The molecule has 0 aromatic rings. The van der Waals surface area contributed by atoms with E-state index in [1.165, 1.54) is 25.7 Å². The van der Waals surface area contributed by atoms with Gasteiger partial charge in [-0.1, -0.05) is 12.8 Å². The number of carbonyl (C=O) groups is 1. The molecular weight excluding hydrogens is 204 g/mol. The maximum atomic E-state index is 11.3. The lowest BCUT2D eigenvalue weighted by Crippen LogP contribution is -2.43. The van der Waals surface area contributed by atoms with Crippen LogP contribution < -0.4 is 5.73 Å². The molecule has 1 atom stereocenters. The van der Waals surface area contributed by atoms with E-state index in [0.717, 1.165) is 12.5 Å². The van der Waals surface area contributed by atoms with Crippen LogP contribution in [0.1, 0.15) is 32.6 Å². The summed E-state index contributed by atoms with van der Waals surface area (Å²) < 4.78 is 4.88. The Labute approximate surface area is 98.1 Å². The number of hydrogen-bond acceptors (Lipinski definition) is 4. The van der Waals surface area contributed by atoms with Crippen LogP contribution in [-0.4, -0.2) is 43.7 Å². The zero-order valence-electron chi connectivity index (χ0n) is 10.4. The standard InChI is InChI=1S/C12H24N2O2/c1-3-16-12(15)11(13)9-14(2)8-10-6-4-5-7-10/h10-11H,3-9,13H2,1-2H3. The molecule has 0 aliphatic heterocycles. The van der Waals surface area contributed by atoms with E-state index in [4.69, 9.17) is 10.5 Å². The Morgan fingerprint density at radius 3 is 2.69 bits per heavy atom. The molecule has 1 saturated carbocycles. The van der Waals surface area contributed by atoms with Gasteiger partial charge in [-0.25, -0.2) is 0 Å². The van der Waals surface area contributed by atoms with Crippen molar-refractivity contribution in [3.63, 3.8) is 0 Å². The number of nitrogens with two attached hydrogens (primary N) is 1. The van der Waals surface area contributed by atoms with E-state index in [0.29, 0.717) is 13.2 Å². The first-order chi connectivity index (χ1) is 7.63. The predicted molar refractivity (Wildman–Crippen MR) is 64.1 cm³/mol. The van der Waals surface area contributed by atoms with E-state index in [1.807, 2.05) is 7.05 Å². The highest BCUT2D eigenvalue weighted by molar-refractivity contribution is 5.75. The monoisotopic (exact) mass is 228 g/mol. The van der Waals surface area contributed by atoms with Crippen molar-refractivity contribution >= 4 is 5.97 Å². The maximum Gasteiger partial charge on any atom is 0.324 e. The molecule has 0 aromatic carbocycles. The number of carbonyl (C=O) groups excluding carboxylic acids is 1. The first-order valence-electron chi connectivity index (χ1n) is 6.24. The number of likely N-dealkylation sites (N-methyl/N-ethyl adjacent to an activating group) is 1. The van der Waals surface area contributed by atoms with Gasteiger partial charge in [-0.05, 0) is 32.7 Å². The summed E-state index contributed by atoms with van der Waals surface area (Å²) in [5.74, 6) is 0.500. The van der Waals surface area contributed by atoms with Gasteiger partial charge in [-0.15, -0.1) is 0 Å². The molecular formula is C12H24N2O2. The average molecular weight is 228 g/mol. The number of nitrogens with zero attached hydrogens (tertiary/aromatic N) is 1. The minimum atomic E-state index is -0.508. The molecule has 1 unspecified atom stereocenters. The second-order valence-corrected chi connectivity index (χ2v) is 4.73. The number of esters is 1. The molecule has 0 radical (unpaired) electrons. The predicted octanol–water partition coefficient (Wildman–Crippen LogP) is 0.999. The van der Waals surface area contributed by atoms with E-state index in [1.54, 1.807) is 6.92 Å². The summed E-state index contributed by atoms with van der Waals surface area (Å²) >= 11 is 0. The van der Waals surface area contributed by atoms with Crippen molar-refractivity contribution in [2.45, 2.75) is 38.6 Å². The van der Waals surface area contributed by atoms with Crippen LogP contribution in [0.3, 0.4) is 0 Å². The van der Waals surface area contributed by atoms with Crippen molar-refractivity contribution in [1.82, 2.24) is 4.90 Å². The van der Waals surface area contributed by atoms with Crippen LogP contribution in [0.5, 0.6) is 0 Å². The molecule has 0 heterocycles. The summed E-state index contributed by atoms with van der Waals surface area (Å²) in [7, 11) is 2.03. The van der Waals surface area contributed by atoms with Crippen molar-refractivity contribution in [2.24, 2.45) is 11.7 Å². The van der Waals surface area contributed by atoms with Gasteiger partial charge < -0.3 is 15.4 Å². The fourth-order valence-electron chi connectivity index (χ4n) is 2.37. The molecule has 4 nitrogen and oxygen atoms in total. The third-order valence-corrected chi connectivity index (χ3v) is 3.14. The number of hydrogen-bond donors (Lipinski definition) is 1. The molecule has 2 N–H and O–H groups in total. The summed E-state index contributed by atoms with van der Waals surface area (Å²) in [4.78, 5) is 13.5. The highest BCUT2D eigenvalue weighted by Gasteiger charge is 2.20. The van der Waals surface area contributed by atoms with E-state index < -0.39 is 6.04 Å². The van der Waals surface area contributed by atoms with Crippen molar-refractivity contribution in [2.75, 3.05) is 26.7 Å². The quantitative estimate of drug-likeness (QED) is 0.689. The van der Waals surface area contributed by atoms with Crippen LogP contribution in [0.25, 0.3) is 0 Å². The van der Waals surface area contributed by atoms with E-state index in [-0.39, 0.29) is 5.97 Å². The molecule has 0 spiro atoms. The van der Waals surface area contributed by atoms with Crippen molar-refractivity contribution in [1.29, 1.82) is 0 Å². The molecule has 16 heavy (non-hydrogen) atoms. The minimum Gasteiger partial charge on any atom is -0.465 e. The van der Waals surface area contributed by atoms with E-state index >= 15 is 0 Å². The number of ether oxygens (including phenoxy) is 1. The topological polar surface area (TPSA) is 55.6 Å². The number of rotatable bonds is 6. The molecule has 1 fully saturated rings. The van der Waals surface area contributed by atoms with Gasteiger partial charge in [-0.3, -0.25) is 4.79 Å². The summed E-state index contributed by atoms with van der Waals surface area (Å²) in [6.07, 6.45) is 5.34. The SMILES string of the molecule is CCOC(=O)C(N)CN(C)CC1CCCC1. The highest BCUT2D eigenvalue weighted by Crippen LogP contribution is 2.25. The molecule has 0 saturated heterocycles. The fraction of sp³-hybridized carbons (Fsp3) is 0.917. The molecule has 4 heteroatoms. The Kier molecular flexibility index (Phi) is 5.77. The van der Waals surface area contributed by atoms with Gasteiger partial charge in [0.25, 0.3) is 0 Å². The minimum absolute atomic E-state index is 0.291. The van der Waals surface area contributed by atoms with Gasteiger partial charge >= 0.3 is 5.97 Å². The van der Waals surface area contributed by atoms with Gasteiger partial charge in [0.05, 0.1) is 6.61 Å². The lowest BCUT2D eigenvalue weighted by molar-refractivity contribution is -0.145. The summed E-state index contributed by atoms with van der Waals surface area (Å²) in [6.45, 7) is 3.84. The fourth-order valence-corrected chi connectivity index (χ4v) is 2.37. The maximum absolute atomic E-state index is 11.3. The van der Waals surface area contributed by atoms with Crippen LogP contribution in [0.4, 0.5) is 0 Å². The summed E-state index contributed by atoms with van der Waals surface area (Å²) in [5, 5.41) is 0. The smallest absolute Gasteiger partial charge is 0.324 e. The third kappa shape index (κ3) is 4.49. The van der Waals surface area contributed by atoms with Crippen LogP contribution in [0, 0.1) is 5.92 Å². The molecule has 0 aromatic heterocycles. The van der Waals surface area contributed by atoms with Crippen LogP contribution in [-0.2, 0) is 9.53 Å². The zero-order valence-corrected chi connectivity index (χ0v) is 10.4. The van der Waals surface area contributed by atoms with Crippen molar-refractivity contribution < 1.29 is 9.53 Å². The first-order valence-corrected chi connectivity index (χ1v) is 6.24. The van der Waals surface area contributed by atoms with Gasteiger partial charge in [0.15, 0.2) is 0 Å². The van der Waals surface area contributed by atoms with E-state index in [2.05, 4.69) is 4.90 Å². The lowest BCUT2D eigenvalue weighted by Gasteiger charge is -2.23. The second kappa shape index (κ2) is 6.86. The van der Waals surface area contributed by atoms with Gasteiger partial charge in [0.2, 0.25) is 0 Å². The molecule has 1 rings (SSSR count). The van der Waals surface area contributed by atoms with Crippen molar-refractivity contribution in [3.05, 3.63) is 0 Å². The van der Waals surface area contributed by atoms with Crippen LogP contribution >= 0.6 is 0 Å². The molecule has 1 aliphatic rings. The molecule has 0 bridgehead atoms. The van der Waals surface area contributed by atoms with Gasteiger partial charge in [0, 0.05) is 13.1 Å². The molecule has 94 valence electrons. The lowest BCUT2D eigenvalue weighted by atomic mass is 10.1. The summed E-state index contributed by atoms with van der Waals surface area (Å²) in [6, 6.07) is -0.508.